The van der Waals surface area contributed by atoms with Gasteiger partial charge in [-0.25, -0.2) is 4.79 Å². The van der Waals surface area contributed by atoms with Crippen molar-refractivity contribution in [2.24, 2.45) is 0 Å². The summed E-state index contributed by atoms with van der Waals surface area (Å²) in [4.78, 5) is 35.1. The van der Waals surface area contributed by atoms with Gasteiger partial charge in [0.15, 0.2) is 0 Å². The molecule has 1 aliphatic rings. The summed E-state index contributed by atoms with van der Waals surface area (Å²) >= 11 is 0. The number of hydrogen-bond acceptors (Lipinski definition) is 4. The van der Waals surface area contributed by atoms with E-state index in [4.69, 9.17) is 9.84 Å². The third kappa shape index (κ3) is 2.86. The van der Waals surface area contributed by atoms with Crippen LogP contribution in [0.2, 0.25) is 0 Å². The van der Waals surface area contributed by atoms with Crippen LogP contribution in [0.25, 0.3) is 0 Å². The van der Waals surface area contributed by atoms with E-state index in [-0.39, 0.29) is 12.5 Å². The Labute approximate surface area is 102 Å². The van der Waals surface area contributed by atoms with Gasteiger partial charge in [0.2, 0.25) is 0 Å². The Hall–Kier alpha value is -1.89. The summed E-state index contributed by atoms with van der Waals surface area (Å²) in [6.07, 6.45) is 2.66. The van der Waals surface area contributed by atoms with Crippen LogP contribution >= 0.6 is 0 Å². The van der Waals surface area contributed by atoms with Crippen molar-refractivity contribution in [3.05, 3.63) is 33.1 Å². The minimum Gasteiger partial charge on any atom is -0.481 e. The molecule has 2 unspecified atom stereocenters. The molecule has 2 heterocycles. The Balaban J connectivity index is 2.02. The number of hydrogen-bond donors (Lipinski definition) is 2. The molecule has 1 fully saturated rings. The van der Waals surface area contributed by atoms with Crippen molar-refractivity contribution in [2.45, 2.75) is 38.0 Å². The number of carbonyl (C=O) groups is 1. The summed E-state index contributed by atoms with van der Waals surface area (Å²) < 4.78 is 6.92. The minimum atomic E-state index is -0.858. The lowest BCUT2D eigenvalue weighted by Crippen LogP contribution is -2.31. The number of aliphatic carboxylic acids is 1. The lowest BCUT2D eigenvalue weighted by atomic mass is 10.1. The first-order chi connectivity index (χ1) is 8.56. The molecule has 0 aliphatic carbocycles. The normalized spacial score (nSPS) is 23.1. The van der Waals surface area contributed by atoms with Crippen LogP contribution in [0.1, 0.15) is 31.9 Å². The van der Waals surface area contributed by atoms with Crippen LogP contribution in [0.3, 0.4) is 0 Å². The van der Waals surface area contributed by atoms with Crippen molar-refractivity contribution in [1.29, 1.82) is 0 Å². The summed E-state index contributed by atoms with van der Waals surface area (Å²) in [5, 5.41) is 8.58. The van der Waals surface area contributed by atoms with Gasteiger partial charge >= 0.3 is 11.7 Å². The maximum absolute atomic E-state index is 11.5. The number of H-pyrrole nitrogens is 1. The summed E-state index contributed by atoms with van der Waals surface area (Å²) in [5.74, 6) is -0.858. The topological polar surface area (TPSA) is 101 Å². The van der Waals surface area contributed by atoms with Gasteiger partial charge in [-0.2, -0.15) is 0 Å². The third-order valence-corrected chi connectivity index (χ3v) is 2.93. The smallest absolute Gasteiger partial charge is 0.330 e. The van der Waals surface area contributed by atoms with Crippen molar-refractivity contribution in [2.75, 3.05) is 0 Å². The molecule has 1 aliphatic heterocycles. The first kappa shape index (κ1) is 12.6. The van der Waals surface area contributed by atoms with Gasteiger partial charge in [-0.3, -0.25) is 19.1 Å². The van der Waals surface area contributed by atoms with E-state index < -0.39 is 23.4 Å². The first-order valence-corrected chi connectivity index (χ1v) is 5.75. The summed E-state index contributed by atoms with van der Waals surface area (Å²) in [6, 6.07) is 1.26. The molecule has 0 bridgehead atoms. The number of carboxylic acids is 1. The van der Waals surface area contributed by atoms with Gasteiger partial charge in [-0.15, -0.1) is 0 Å². The SMILES string of the molecule is O=C(O)CCC1CCC(n2ccc(=O)[nH]c2=O)O1. The zero-order valence-corrected chi connectivity index (χ0v) is 9.67. The summed E-state index contributed by atoms with van der Waals surface area (Å²) in [6.45, 7) is 0. The molecule has 98 valence electrons. The van der Waals surface area contributed by atoms with Crippen molar-refractivity contribution in [3.8, 4) is 0 Å². The molecule has 7 nitrogen and oxygen atoms in total. The van der Waals surface area contributed by atoms with Crippen LogP contribution in [-0.2, 0) is 9.53 Å². The van der Waals surface area contributed by atoms with Gasteiger partial charge in [-0.1, -0.05) is 0 Å². The van der Waals surface area contributed by atoms with E-state index in [0.717, 1.165) is 0 Å². The highest BCUT2D eigenvalue weighted by Gasteiger charge is 2.27. The number of ether oxygens (including phenoxy) is 1. The Bertz CT molecular complexity index is 547. The lowest BCUT2D eigenvalue weighted by molar-refractivity contribution is -0.138. The molecular weight excluding hydrogens is 240 g/mol. The van der Waals surface area contributed by atoms with Gasteiger partial charge in [0.1, 0.15) is 6.23 Å². The maximum Gasteiger partial charge on any atom is 0.330 e. The van der Waals surface area contributed by atoms with Gasteiger partial charge in [0.05, 0.1) is 6.10 Å². The number of aromatic amines is 1. The molecule has 2 N–H and O–H groups in total. The zero-order valence-electron chi connectivity index (χ0n) is 9.67. The van der Waals surface area contributed by atoms with E-state index in [1.165, 1.54) is 16.8 Å². The van der Waals surface area contributed by atoms with Gasteiger partial charge in [0, 0.05) is 18.7 Å². The average molecular weight is 254 g/mol. The molecule has 0 saturated carbocycles. The highest BCUT2D eigenvalue weighted by atomic mass is 16.5. The van der Waals surface area contributed by atoms with E-state index in [0.29, 0.717) is 19.3 Å². The van der Waals surface area contributed by atoms with Gasteiger partial charge < -0.3 is 9.84 Å². The second-order valence-electron chi connectivity index (χ2n) is 4.24. The average Bonchev–Trinajstić information content (AvgIpc) is 2.75. The Morgan fingerprint density at radius 1 is 1.50 bits per heavy atom. The van der Waals surface area contributed by atoms with Crippen LogP contribution in [0.4, 0.5) is 0 Å². The van der Waals surface area contributed by atoms with Crippen molar-refractivity contribution in [1.82, 2.24) is 9.55 Å². The highest BCUT2D eigenvalue weighted by molar-refractivity contribution is 5.66. The van der Waals surface area contributed by atoms with E-state index in [1.807, 2.05) is 0 Å². The van der Waals surface area contributed by atoms with Crippen molar-refractivity contribution < 1.29 is 14.6 Å². The van der Waals surface area contributed by atoms with E-state index in [9.17, 15) is 14.4 Å². The molecule has 1 saturated heterocycles. The fraction of sp³-hybridized carbons (Fsp3) is 0.545. The number of carboxylic acid groups (broad SMARTS) is 1. The minimum absolute atomic E-state index is 0.0535. The van der Waals surface area contributed by atoms with E-state index >= 15 is 0 Å². The van der Waals surface area contributed by atoms with Crippen LogP contribution in [0.15, 0.2) is 21.9 Å². The predicted molar refractivity (Wildman–Crippen MR) is 61.3 cm³/mol. The predicted octanol–water partition coefficient (Wildman–Crippen LogP) is 0.0790. The van der Waals surface area contributed by atoms with E-state index in [2.05, 4.69) is 4.98 Å². The molecule has 2 atom stereocenters. The third-order valence-electron chi connectivity index (χ3n) is 2.93. The lowest BCUT2D eigenvalue weighted by Gasteiger charge is -2.14. The second-order valence-corrected chi connectivity index (χ2v) is 4.24. The van der Waals surface area contributed by atoms with Crippen LogP contribution in [0, 0.1) is 0 Å². The number of aromatic nitrogens is 2. The number of nitrogens with zero attached hydrogens (tertiary/aromatic N) is 1. The molecular formula is C11H14N2O5. The van der Waals surface area contributed by atoms with Crippen molar-refractivity contribution in [3.63, 3.8) is 0 Å². The fourth-order valence-electron chi connectivity index (χ4n) is 2.04. The molecule has 0 amide bonds. The first-order valence-electron chi connectivity index (χ1n) is 5.75. The van der Waals surface area contributed by atoms with Gasteiger partial charge in [-0.05, 0) is 19.3 Å². The molecule has 0 aromatic carbocycles. The van der Waals surface area contributed by atoms with Crippen LogP contribution < -0.4 is 11.2 Å². The van der Waals surface area contributed by atoms with E-state index in [1.54, 1.807) is 0 Å². The molecule has 1 aromatic heterocycles. The second kappa shape index (κ2) is 5.18. The number of nitrogens with one attached hydrogen (secondary N) is 1. The van der Waals surface area contributed by atoms with Crippen LogP contribution in [-0.4, -0.2) is 26.7 Å². The monoisotopic (exact) mass is 254 g/mol. The quantitative estimate of drug-likeness (QED) is 0.792. The molecule has 0 spiro atoms. The molecule has 1 aromatic rings. The largest absolute Gasteiger partial charge is 0.481 e. The molecule has 0 radical (unpaired) electrons. The molecule has 18 heavy (non-hydrogen) atoms. The standard InChI is InChI=1S/C11H14N2O5/c14-8-5-6-13(11(17)12-8)9-3-1-7(18-9)2-4-10(15)16/h5-7,9H,1-4H2,(H,15,16)(H,12,14,17). The Morgan fingerprint density at radius 3 is 2.94 bits per heavy atom. The Kier molecular flexibility index (Phi) is 3.61. The summed E-state index contributed by atoms with van der Waals surface area (Å²) in [7, 11) is 0. The zero-order chi connectivity index (χ0) is 13.1. The van der Waals surface area contributed by atoms with Crippen LogP contribution in [0.5, 0.6) is 0 Å². The molecule has 7 heteroatoms. The summed E-state index contributed by atoms with van der Waals surface area (Å²) in [5.41, 5.74) is -0.956. The van der Waals surface area contributed by atoms with Crippen molar-refractivity contribution >= 4 is 5.97 Å². The Morgan fingerprint density at radius 2 is 2.28 bits per heavy atom. The fourth-order valence-corrected chi connectivity index (χ4v) is 2.04. The van der Waals surface area contributed by atoms with Gasteiger partial charge in [0.25, 0.3) is 5.56 Å². The number of rotatable bonds is 4. The maximum atomic E-state index is 11.5. The molecule has 2 rings (SSSR count). The highest BCUT2D eigenvalue weighted by Crippen LogP contribution is 2.29.